The maximum Gasteiger partial charge on any atom is 0.408 e. The summed E-state index contributed by atoms with van der Waals surface area (Å²) in [7, 11) is -3.51. The van der Waals surface area contributed by atoms with Gasteiger partial charge in [0.15, 0.2) is 9.84 Å². The fourth-order valence-electron chi connectivity index (χ4n) is 3.17. The number of hydrogen-bond acceptors (Lipinski definition) is 9. The summed E-state index contributed by atoms with van der Waals surface area (Å²) in [6.45, 7) is 9.79. The molecule has 9 nitrogen and oxygen atoms in total. The normalized spacial score (nSPS) is 15.3. The highest BCUT2D eigenvalue weighted by atomic mass is 32.2. The minimum absolute atomic E-state index is 0.128. The van der Waals surface area contributed by atoms with E-state index < -0.39 is 21.5 Å². The van der Waals surface area contributed by atoms with E-state index in [1.807, 2.05) is 5.38 Å². The fraction of sp³-hybridized carbons (Fsp3) is 0.545. The minimum atomic E-state index is -3.51. The second kappa shape index (κ2) is 10.8. The van der Waals surface area contributed by atoms with Gasteiger partial charge in [-0.25, -0.2) is 18.2 Å². The topological polar surface area (TPSA) is 107 Å². The van der Waals surface area contributed by atoms with Crippen molar-refractivity contribution in [2.45, 2.75) is 37.8 Å². The zero-order valence-corrected chi connectivity index (χ0v) is 21.1. The molecule has 0 unspecified atom stereocenters. The minimum Gasteiger partial charge on any atom is -0.491 e. The molecule has 33 heavy (non-hydrogen) atoms. The molecule has 1 aromatic carbocycles. The molecule has 1 aliphatic heterocycles. The molecule has 1 amide bonds. The van der Waals surface area contributed by atoms with Crippen LogP contribution in [0.25, 0.3) is 11.3 Å². The van der Waals surface area contributed by atoms with E-state index in [0.717, 1.165) is 19.3 Å². The van der Waals surface area contributed by atoms with Gasteiger partial charge in [0.1, 0.15) is 27.9 Å². The van der Waals surface area contributed by atoms with Gasteiger partial charge in [-0.05, 0) is 39.0 Å². The first kappa shape index (κ1) is 25.4. The van der Waals surface area contributed by atoms with E-state index in [0.29, 0.717) is 48.4 Å². The Morgan fingerprint density at radius 2 is 2.00 bits per heavy atom. The standard InChI is InChI=1S/C22H31N3O6S2/c1-22(2,3)31-21(26)23-14-20-24-17(15-32-20)16-5-6-18(19(13-16)33(4,27)28)30-12-9-25-7-10-29-11-8-25/h5-6,13,15H,7-12,14H2,1-4H3,(H,23,26). The van der Waals surface area contributed by atoms with Gasteiger partial charge in [0.05, 0.1) is 25.5 Å². The predicted octanol–water partition coefficient (Wildman–Crippen LogP) is 2.95. The quantitative estimate of drug-likeness (QED) is 0.593. The average molecular weight is 498 g/mol. The van der Waals surface area contributed by atoms with E-state index in [4.69, 9.17) is 14.2 Å². The van der Waals surface area contributed by atoms with Crippen LogP contribution in [0.15, 0.2) is 28.5 Å². The van der Waals surface area contributed by atoms with Gasteiger partial charge in [0, 0.05) is 36.8 Å². The molecule has 0 radical (unpaired) electrons. The van der Waals surface area contributed by atoms with Crippen molar-refractivity contribution >= 4 is 27.3 Å². The SMILES string of the molecule is CC(C)(C)OC(=O)NCc1nc(-c2ccc(OCCN3CCOCC3)c(S(C)(=O)=O)c2)cs1. The van der Waals surface area contributed by atoms with E-state index in [-0.39, 0.29) is 11.4 Å². The molecule has 1 aliphatic rings. The molecule has 1 aromatic heterocycles. The number of amides is 1. The third kappa shape index (κ3) is 7.95. The van der Waals surface area contributed by atoms with E-state index >= 15 is 0 Å². The number of thiazole rings is 1. The third-order valence-corrected chi connectivity index (χ3v) is 6.71. The largest absolute Gasteiger partial charge is 0.491 e. The number of ether oxygens (including phenoxy) is 3. The van der Waals surface area contributed by atoms with Crippen molar-refractivity contribution in [2.24, 2.45) is 0 Å². The van der Waals surface area contributed by atoms with Crippen molar-refractivity contribution in [3.05, 3.63) is 28.6 Å². The van der Waals surface area contributed by atoms with Crippen LogP contribution in [-0.4, -0.2) is 75.7 Å². The summed E-state index contributed by atoms with van der Waals surface area (Å²) in [5.74, 6) is 0.330. The maximum absolute atomic E-state index is 12.4. The molecule has 0 atom stereocenters. The number of alkyl carbamates (subject to hydrolysis) is 1. The van der Waals surface area contributed by atoms with Crippen LogP contribution in [-0.2, 0) is 25.9 Å². The Balaban J connectivity index is 1.66. The van der Waals surface area contributed by atoms with Gasteiger partial charge in [0.25, 0.3) is 0 Å². The first-order chi connectivity index (χ1) is 15.5. The number of hydrogen-bond donors (Lipinski definition) is 1. The van der Waals surface area contributed by atoms with E-state index in [9.17, 15) is 13.2 Å². The van der Waals surface area contributed by atoms with E-state index in [1.165, 1.54) is 11.3 Å². The van der Waals surface area contributed by atoms with Crippen molar-refractivity contribution < 1.29 is 27.4 Å². The monoisotopic (exact) mass is 497 g/mol. The van der Waals surface area contributed by atoms with Crippen molar-refractivity contribution in [1.29, 1.82) is 0 Å². The number of morpholine rings is 1. The Labute approximate surface area is 199 Å². The predicted molar refractivity (Wildman–Crippen MR) is 126 cm³/mol. The van der Waals surface area contributed by atoms with Crippen molar-refractivity contribution in [1.82, 2.24) is 15.2 Å². The van der Waals surface area contributed by atoms with Crippen molar-refractivity contribution in [3.63, 3.8) is 0 Å². The molecular formula is C22H31N3O6S2. The Morgan fingerprint density at radius 3 is 2.67 bits per heavy atom. The van der Waals surface area contributed by atoms with Gasteiger partial charge in [0.2, 0.25) is 0 Å². The second-order valence-corrected chi connectivity index (χ2v) is 11.6. The molecule has 0 spiro atoms. The van der Waals surface area contributed by atoms with E-state index in [2.05, 4.69) is 15.2 Å². The number of nitrogens with one attached hydrogen (secondary N) is 1. The third-order valence-electron chi connectivity index (χ3n) is 4.74. The van der Waals surface area contributed by atoms with Crippen LogP contribution in [0, 0.1) is 0 Å². The van der Waals surface area contributed by atoms with Gasteiger partial charge in [-0.3, -0.25) is 4.90 Å². The summed E-state index contributed by atoms with van der Waals surface area (Å²) in [6, 6.07) is 5.04. The number of carbonyl (C=O) groups is 1. The average Bonchev–Trinajstić information content (AvgIpc) is 3.20. The van der Waals surface area contributed by atoms with Crippen molar-refractivity contribution in [3.8, 4) is 17.0 Å². The highest BCUT2D eigenvalue weighted by Crippen LogP contribution is 2.31. The highest BCUT2D eigenvalue weighted by molar-refractivity contribution is 7.90. The Hall–Kier alpha value is -2.21. The summed E-state index contributed by atoms with van der Waals surface area (Å²) in [6.07, 6.45) is 0.648. The Bertz CT molecular complexity index is 1060. The van der Waals surface area contributed by atoms with Crippen LogP contribution >= 0.6 is 11.3 Å². The molecule has 0 saturated carbocycles. The van der Waals surface area contributed by atoms with Crippen LogP contribution < -0.4 is 10.1 Å². The highest BCUT2D eigenvalue weighted by Gasteiger charge is 2.19. The maximum atomic E-state index is 12.4. The summed E-state index contributed by atoms with van der Waals surface area (Å²) in [4.78, 5) is 18.7. The molecule has 3 rings (SSSR count). The summed E-state index contributed by atoms with van der Waals surface area (Å²) in [5, 5.41) is 5.18. The van der Waals surface area contributed by atoms with Crippen LogP contribution in [0.1, 0.15) is 25.8 Å². The lowest BCUT2D eigenvalue weighted by atomic mass is 10.1. The molecular weight excluding hydrogens is 466 g/mol. The molecule has 0 aliphatic carbocycles. The summed E-state index contributed by atoms with van der Waals surface area (Å²) in [5.41, 5.74) is 0.716. The van der Waals surface area contributed by atoms with Crippen LogP contribution in [0.2, 0.25) is 0 Å². The molecule has 0 bridgehead atoms. The fourth-order valence-corrected chi connectivity index (χ4v) is 4.75. The molecule has 2 aromatic rings. The van der Waals surface area contributed by atoms with Gasteiger partial charge < -0.3 is 19.5 Å². The van der Waals surface area contributed by atoms with Gasteiger partial charge >= 0.3 is 6.09 Å². The molecule has 11 heteroatoms. The second-order valence-electron chi connectivity index (χ2n) is 8.72. The molecule has 1 saturated heterocycles. The molecule has 2 heterocycles. The summed E-state index contributed by atoms with van der Waals surface area (Å²) < 4.78 is 41.2. The zero-order chi connectivity index (χ0) is 24.1. The van der Waals surface area contributed by atoms with Gasteiger partial charge in [-0.2, -0.15) is 0 Å². The first-order valence-corrected chi connectivity index (χ1v) is 13.5. The molecule has 1 N–H and O–H groups in total. The van der Waals surface area contributed by atoms with Crippen molar-refractivity contribution in [2.75, 3.05) is 45.7 Å². The smallest absolute Gasteiger partial charge is 0.408 e. The number of rotatable bonds is 8. The number of benzene rings is 1. The Kier molecular flexibility index (Phi) is 8.33. The van der Waals surface area contributed by atoms with Gasteiger partial charge in [-0.15, -0.1) is 11.3 Å². The number of aromatic nitrogens is 1. The lowest BCUT2D eigenvalue weighted by molar-refractivity contribution is 0.0321. The first-order valence-electron chi connectivity index (χ1n) is 10.7. The van der Waals surface area contributed by atoms with Crippen LogP contribution in [0.3, 0.4) is 0 Å². The van der Waals surface area contributed by atoms with Crippen LogP contribution in [0.5, 0.6) is 5.75 Å². The zero-order valence-electron chi connectivity index (χ0n) is 19.4. The van der Waals surface area contributed by atoms with E-state index in [1.54, 1.807) is 39.0 Å². The molecule has 182 valence electrons. The summed E-state index contributed by atoms with van der Waals surface area (Å²) >= 11 is 1.37. The molecule has 1 fully saturated rings. The number of carbonyl (C=O) groups excluding carboxylic acids is 1. The lowest BCUT2D eigenvalue weighted by Crippen LogP contribution is -2.38. The number of sulfone groups is 1. The Morgan fingerprint density at radius 1 is 1.27 bits per heavy atom. The van der Waals surface area contributed by atoms with Crippen LogP contribution in [0.4, 0.5) is 4.79 Å². The van der Waals surface area contributed by atoms with Gasteiger partial charge in [-0.1, -0.05) is 0 Å². The lowest BCUT2D eigenvalue weighted by Gasteiger charge is -2.26. The number of nitrogens with zero attached hydrogens (tertiary/aromatic N) is 2.